The van der Waals surface area contributed by atoms with Gasteiger partial charge in [-0.15, -0.1) is 13.2 Å². The Bertz CT molecular complexity index is 174. The van der Waals surface area contributed by atoms with Gasteiger partial charge in [-0.25, -0.2) is 0 Å². The van der Waals surface area contributed by atoms with Gasteiger partial charge in [-0.1, -0.05) is 126 Å². The van der Waals surface area contributed by atoms with Gasteiger partial charge >= 0.3 is 0 Å². The van der Waals surface area contributed by atoms with Gasteiger partial charge in [0.05, 0.1) is 0 Å². The highest BCUT2D eigenvalue weighted by molar-refractivity contribution is 4.90. The summed E-state index contributed by atoms with van der Waals surface area (Å²) in [6.45, 7) is 30.6. The smallest absolute Gasteiger partial charge is 0.0266 e. The van der Waals surface area contributed by atoms with Crippen molar-refractivity contribution in [2.75, 3.05) is 0 Å². The molecule has 1 rings (SSSR count). The number of rotatable bonds is 5. The minimum atomic E-state index is 0.657. The van der Waals surface area contributed by atoms with Crippen LogP contribution in [0.25, 0.3) is 0 Å². The molecule has 0 N–H and O–H groups in total. The van der Waals surface area contributed by atoms with E-state index in [4.69, 9.17) is 0 Å². The third-order valence-electron chi connectivity index (χ3n) is 3.43. The zero-order chi connectivity index (χ0) is 20.4. The number of unbranched alkanes of at least 4 members (excludes halogenated alkanes) is 2. The van der Waals surface area contributed by atoms with Crippen molar-refractivity contribution in [2.24, 2.45) is 11.8 Å². The van der Waals surface area contributed by atoms with Gasteiger partial charge in [0.1, 0.15) is 0 Å². The lowest BCUT2D eigenvalue weighted by atomic mass is 9.82. The van der Waals surface area contributed by atoms with Gasteiger partial charge in [0, 0.05) is 0 Å². The molecular weight excluding hydrogens is 288 g/mol. The first kappa shape index (κ1) is 34.7. The van der Waals surface area contributed by atoms with Crippen LogP contribution in [-0.2, 0) is 0 Å². The first-order chi connectivity index (χ1) is 11.5. The quantitative estimate of drug-likeness (QED) is 0.344. The van der Waals surface area contributed by atoms with Gasteiger partial charge in [-0.05, 0) is 18.8 Å². The van der Waals surface area contributed by atoms with E-state index in [-0.39, 0.29) is 0 Å². The maximum Gasteiger partial charge on any atom is -0.0266 e. The second-order valence-electron chi connectivity index (χ2n) is 6.00. The van der Waals surface area contributed by atoms with Crippen molar-refractivity contribution in [1.29, 1.82) is 0 Å². The molecule has 0 saturated heterocycles. The largest absolute Gasteiger partial charge is 0.106 e. The standard InChI is InChI=1S/C9H18.C6H12.C3H8.2C2H6.C2H4/c1-2-3-4-6-9-7-5-8-9;1-5(2)6(3)4;1-3-2;3*1-2/h9H,2-8H2,1H3;6H,1H2,2-4H3;3H2,1-2H3;2*1-2H3;1-2H2. The Morgan fingerprint density at radius 3 is 1.42 bits per heavy atom. The summed E-state index contributed by atoms with van der Waals surface area (Å²) in [5.41, 5.74) is 1.26. The Morgan fingerprint density at radius 1 is 0.917 bits per heavy atom. The van der Waals surface area contributed by atoms with Gasteiger partial charge in [0.25, 0.3) is 0 Å². The van der Waals surface area contributed by atoms with Crippen molar-refractivity contribution in [3.8, 4) is 0 Å². The fraction of sp³-hybridized carbons (Fsp3) is 0.833. The molecule has 0 aromatic rings. The van der Waals surface area contributed by atoms with Crippen LogP contribution < -0.4 is 0 Å². The van der Waals surface area contributed by atoms with Gasteiger partial charge in [-0.3, -0.25) is 0 Å². The molecule has 1 aliphatic rings. The summed E-state index contributed by atoms with van der Waals surface area (Å²) in [7, 11) is 0. The molecule has 0 atom stereocenters. The van der Waals surface area contributed by atoms with Crippen LogP contribution in [0.15, 0.2) is 25.3 Å². The third-order valence-corrected chi connectivity index (χ3v) is 3.43. The second-order valence-corrected chi connectivity index (χ2v) is 6.00. The highest BCUT2D eigenvalue weighted by Crippen LogP contribution is 2.30. The second kappa shape index (κ2) is 38.2. The molecule has 1 aliphatic carbocycles. The molecule has 0 spiro atoms. The van der Waals surface area contributed by atoms with Crippen LogP contribution in [0.2, 0.25) is 0 Å². The average molecular weight is 343 g/mol. The molecule has 0 aliphatic heterocycles. The fourth-order valence-electron chi connectivity index (χ4n) is 1.46. The molecule has 0 aromatic heterocycles. The topological polar surface area (TPSA) is 0 Å². The fourth-order valence-corrected chi connectivity index (χ4v) is 1.46. The maximum atomic E-state index is 3.75. The summed E-state index contributed by atoms with van der Waals surface area (Å²) in [6.07, 6.45) is 11.7. The molecule has 0 radical (unpaired) electrons. The molecule has 24 heavy (non-hydrogen) atoms. The van der Waals surface area contributed by atoms with E-state index in [2.05, 4.69) is 54.4 Å². The molecule has 1 fully saturated rings. The third kappa shape index (κ3) is 43.0. The van der Waals surface area contributed by atoms with E-state index in [0.717, 1.165) is 5.92 Å². The van der Waals surface area contributed by atoms with Crippen LogP contribution in [0.1, 0.15) is 121 Å². The zero-order valence-corrected chi connectivity index (χ0v) is 19.4. The van der Waals surface area contributed by atoms with E-state index in [1.54, 1.807) is 0 Å². The van der Waals surface area contributed by atoms with Crippen molar-refractivity contribution in [3.63, 3.8) is 0 Å². The summed E-state index contributed by atoms with van der Waals surface area (Å²) < 4.78 is 0. The van der Waals surface area contributed by atoms with Gasteiger partial charge in [0.2, 0.25) is 0 Å². The number of hydrogen-bond acceptors (Lipinski definition) is 0. The van der Waals surface area contributed by atoms with Crippen LogP contribution in [0.5, 0.6) is 0 Å². The Balaban J connectivity index is -0.0000000703. The van der Waals surface area contributed by atoms with E-state index >= 15 is 0 Å². The molecular formula is C24H54. The molecule has 0 amide bonds. The van der Waals surface area contributed by atoms with E-state index in [9.17, 15) is 0 Å². The molecule has 0 aromatic carbocycles. The lowest BCUT2D eigenvalue weighted by Gasteiger charge is -2.24. The molecule has 0 bridgehead atoms. The van der Waals surface area contributed by atoms with Crippen molar-refractivity contribution < 1.29 is 0 Å². The normalized spacial score (nSPS) is 11.1. The van der Waals surface area contributed by atoms with Crippen molar-refractivity contribution in [2.45, 2.75) is 121 Å². The summed E-state index contributed by atoms with van der Waals surface area (Å²) in [5, 5.41) is 0. The van der Waals surface area contributed by atoms with Crippen LogP contribution >= 0.6 is 0 Å². The van der Waals surface area contributed by atoms with Crippen molar-refractivity contribution >= 4 is 0 Å². The molecule has 0 heterocycles. The average Bonchev–Trinajstić information content (AvgIpc) is 2.57. The van der Waals surface area contributed by atoms with E-state index in [0.29, 0.717) is 5.92 Å². The van der Waals surface area contributed by atoms with Crippen LogP contribution in [0, 0.1) is 11.8 Å². The minimum Gasteiger partial charge on any atom is -0.106 e. The number of hydrogen-bond donors (Lipinski definition) is 0. The lowest BCUT2D eigenvalue weighted by molar-refractivity contribution is 0.287. The first-order valence-corrected chi connectivity index (χ1v) is 10.6. The van der Waals surface area contributed by atoms with Gasteiger partial charge in [0.15, 0.2) is 0 Å². The van der Waals surface area contributed by atoms with Crippen LogP contribution in [0.4, 0.5) is 0 Å². The Labute approximate surface area is 158 Å². The van der Waals surface area contributed by atoms with Crippen molar-refractivity contribution in [1.82, 2.24) is 0 Å². The predicted octanol–water partition coefficient (Wildman–Crippen LogP) is 9.86. The highest BCUT2D eigenvalue weighted by atomic mass is 14.2. The maximum absolute atomic E-state index is 3.75. The van der Waals surface area contributed by atoms with Gasteiger partial charge < -0.3 is 0 Å². The molecule has 1 saturated carbocycles. The Morgan fingerprint density at radius 2 is 1.25 bits per heavy atom. The summed E-state index contributed by atoms with van der Waals surface area (Å²) >= 11 is 0. The summed E-state index contributed by atoms with van der Waals surface area (Å²) in [6, 6.07) is 0. The van der Waals surface area contributed by atoms with Gasteiger partial charge in [-0.2, -0.15) is 0 Å². The Kier molecular flexibility index (Phi) is 55.3. The molecule has 0 heteroatoms. The van der Waals surface area contributed by atoms with E-state index in [1.165, 1.54) is 56.9 Å². The summed E-state index contributed by atoms with van der Waals surface area (Å²) in [5.74, 6) is 1.79. The summed E-state index contributed by atoms with van der Waals surface area (Å²) in [4.78, 5) is 0. The van der Waals surface area contributed by atoms with Crippen LogP contribution in [-0.4, -0.2) is 0 Å². The lowest BCUT2D eigenvalue weighted by Crippen LogP contribution is -2.10. The molecule has 0 unspecified atom stereocenters. The molecule has 0 nitrogen and oxygen atoms in total. The van der Waals surface area contributed by atoms with Crippen LogP contribution in [0.3, 0.4) is 0 Å². The zero-order valence-electron chi connectivity index (χ0n) is 19.4. The van der Waals surface area contributed by atoms with E-state index in [1.807, 2.05) is 34.6 Å². The first-order valence-electron chi connectivity index (χ1n) is 10.6. The monoisotopic (exact) mass is 342 g/mol. The minimum absolute atomic E-state index is 0.657. The molecule has 150 valence electrons. The SMILES string of the molecule is C=C.C=C(C)C(C)C.CC.CC.CCC.CCCCCC1CCC1. The van der Waals surface area contributed by atoms with E-state index < -0.39 is 0 Å². The predicted molar refractivity (Wildman–Crippen MR) is 121 cm³/mol. The number of allylic oxidation sites excluding steroid dienone is 1. The Hall–Kier alpha value is -0.520. The van der Waals surface area contributed by atoms with Crippen molar-refractivity contribution in [3.05, 3.63) is 25.3 Å². The highest BCUT2D eigenvalue weighted by Gasteiger charge is 2.15.